The summed E-state index contributed by atoms with van der Waals surface area (Å²) in [6.07, 6.45) is 6.58. The number of rotatable bonds is 2. The molecule has 1 heteroatoms. The lowest BCUT2D eigenvalue weighted by molar-refractivity contribution is 0.370. The summed E-state index contributed by atoms with van der Waals surface area (Å²) in [6.45, 7) is 0.226. The first-order valence-corrected chi connectivity index (χ1v) is 3.01. The Kier molecular flexibility index (Phi) is 2.39. The van der Waals surface area contributed by atoms with E-state index in [1.165, 1.54) is 0 Å². The Balaban J connectivity index is 2.52. The van der Waals surface area contributed by atoms with Crippen LogP contribution in [0.5, 0.6) is 5.75 Å². The standard InChI is InChI=1S/C9H7O/c1-2-8-10-9-6-4-3-5-7-9/h3-7H,8H2/q-1. The highest BCUT2D eigenvalue weighted by atomic mass is 16.5. The molecule has 0 spiro atoms. The quantitative estimate of drug-likeness (QED) is 0.438. The second-order valence-corrected chi connectivity index (χ2v) is 1.78. The van der Waals surface area contributed by atoms with Crippen LogP contribution in [0.3, 0.4) is 0 Å². The number of benzene rings is 1. The van der Waals surface area contributed by atoms with Gasteiger partial charge in [0, 0.05) is 0 Å². The lowest BCUT2D eigenvalue weighted by atomic mass is 10.3. The van der Waals surface area contributed by atoms with Crippen molar-refractivity contribution in [3.05, 3.63) is 36.8 Å². The topological polar surface area (TPSA) is 9.23 Å². The van der Waals surface area contributed by atoms with Gasteiger partial charge in [0.25, 0.3) is 0 Å². The molecular weight excluding hydrogens is 124 g/mol. The van der Waals surface area contributed by atoms with Gasteiger partial charge in [0.15, 0.2) is 0 Å². The molecule has 0 unspecified atom stereocenters. The average molecular weight is 131 g/mol. The molecule has 1 aromatic rings. The summed E-state index contributed by atoms with van der Waals surface area (Å²) in [6, 6.07) is 9.38. The van der Waals surface area contributed by atoms with Crippen LogP contribution in [0.4, 0.5) is 0 Å². The Morgan fingerprint density at radius 3 is 2.60 bits per heavy atom. The maximum Gasteiger partial charge on any atom is 0.120 e. The second-order valence-electron chi connectivity index (χ2n) is 1.78. The molecule has 0 saturated heterocycles. The minimum Gasteiger partial charge on any atom is -0.690 e. The van der Waals surface area contributed by atoms with E-state index in [1.54, 1.807) is 0 Å². The Bertz CT molecular complexity index is 220. The molecule has 0 heterocycles. The van der Waals surface area contributed by atoms with Gasteiger partial charge in [-0.2, -0.15) is 0 Å². The molecule has 0 aromatic heterocycles. The van der Waals surface area contributed by atoms with E-state index in [1.807, 2.05) is 30.3 Å². The van der Waals surface area contributed by atoms with Crippen LogP contribution in [-0.4, -0.2) is 6.61 Å². The number of hydrogen-bond donors (Lipinski definition) is 0. The van der Waals surface area contributed by atoms with Gasteiger partial charge < -0.3 is 17.1 Å². The Morgan fingerprint density at radius 1 is 1.30 bits per heavy atom. The molecule has 1 aromatic carbocycles. The van der Waals surface area contributed by atoms with Gasteiger partial charge >= 0.3 is 0 Å². The minimum absolute atomic E-state index is 0.226. The highest BCUT2D eigenvalue weighted by Gasteiger charge is 1.83. The van der Waals surface area contributed by atoms with Crippen molar-refractivity contribution in [1.29, 1.82) is 0 Å². The predicted molar refractivity (Wildman–Crippen MR) is 39.1 cm³/mol. The van der Waals surface area contributed by atoms with Crippen LogP contribution in [0.2, 0.25) is 0 Å². The zero-order valence-electron chi connectivity index (χ0n) is 5.50. The summed E-state index contributed by atoms with van der Waals surface area (Å²) in [7, 11) is 0. The van der Waals surface area contributed by atoms with Crippen LogP contribution >= 0.6 is 0 Å². The third-order valence-electron chi connectivity index (χ3n) is 1.05. The first kappa shape index (κ1) is 6.70. The van der Waals surface area contributed by atoms with Crippen molar-refractivity contribution in [1.82, 2.24) is 0 Å². The van der Waals surface area contributed by atoms with Gasteiger partial charge in [-0.25, -0.2) is 0 Å². The van der Waals surface area contributed by atoms with Gasteiger partial charge in [0.2, 0.25) is 0 Å². The zero-order valence-corrected chi connectivity index (χ0v) is 5.50. The molecule has 1 nitrogen and oxygen atoms in total. The third-order valence-corrected chi connectivity index (χ3v) is 1.05. The van der Waals surface area contributed by atoms with E-state index in [-0.39, 0.29) is 6.61 Å². The van der Waals surface area contributed by atoms with Crippen molar-refractivity contribution in [3.8, 4) is 11.7 Å². The van der Waals surface area contributed by atoms with E-state index in [2.05, 4.69) is 5.92 Å². The lowest BCUT2D eigenvalue weighted by Crippen LogP contribution is -1.91. The molecule has 1 rings (SSSR count). The van der Waals surface area contributed by atoms with Crippen molar-refractivity contribution in [3.63, 3.8) is 0 Å². The maximum absolute atomic E-state index is 6.58. The largest absolute Gasteiger partial charge is 0.690 e. The fourth-order valence-corrected chi connectivity index (χ4v) is 0.636. The van der Waals surface area contributed by atoms with Crippen LogP contribution in [0.25, 0.3) is 0 Å². The van der Waals surface area contributed by atoms with Gasteiger partial charge in [-0.05, 0) is 12.1 Å². The van der Waals surface area contributed by atoms with Crippen molar-refractivity contribution in [2.24, 2.45) is 0 Å². The molecule has 10 heavy (non-hydrogen) atoms. The van der Waals surface area contributed by atoms with Crippen LogP contribution in [0.1, 0.15) is 0 Å². The SMILES string of the molecule is [C-]#CCOc1ccccc1. The molecule has 50 valence electrons. The average Bonchev–Trinajstić information content (AvgIpc) is 2.03. The Hall–Kier alpha value is -1.42. The first-order valence-electron chi connectivity index (χ1n) is 3.01. The Morgan fingerprint density at radius 2 is 2.00 bits per heavy atom. The molecule has 0 amide bonds. The minimum atomic E-state index is 0.226. The van der Waals surface area contributed by atoms with Gasteiger partial charge in [-0.15, -0.1) is 0 Å². The summed E-state index contributed by atoms with van der Waals surface area (Å²) in [5, 5.41) is 0. The summed E-state index contributed by atoms with van der Waals surface area (Å²) < 4.78 is 5.06. The van der Waals surface area contributed by atoms with Crippen molar-refractivity contribution < 1.29 is 4.74 Å². The van der Waals surface area contributed by atoms with Crippen molar-refractivity contribution in [2.75, 3.05) is 6.61 Å². The summed E-state index contributed by atoms with van der Waals surface area (Å²) >= 11 is 0. The predicted octanol–water partition coefficient (Wildman–Crippen LogP) is 1.66. The summed E-state index contributed by atoms with van der Waals surface area (Å²) in [4.78, 5) is 0. The van der Waals surface area contributed by atoms with E-state index in [4.69, 9.17) is 11.2 Å². The van der Waals surface area contributed by atoms with E-state index in [0.29, 0.717) is 0 Å². The molecule has 0 radical (unpaired) electrons. The normalized spacial score (nSPS) is 8.30. The number of hydrogen-bond acceptors (Lipinski definition) is 1. The van der Waals surface area contributed by atoms with Crippen LogP contribution in [-0.2, 0) is 0 Å². The van der Waals surface area contributed by atoms with Crippen molar-refractivity contribution in [2.45, 2.75) is 0 Å². The van der Waals surface area contributed by atoms with Gasteiger partial charge in [-0.1, -0.05) is 18.2 Å². The molecule has 0 atom stereocenters. The fraction of sp³-hybridized carbons (Fsp3) is 0.111. The molecule has 0 N–H and O–H groups in total. The van der Waals surface area contributed by atoms with Crippen LogP contribution in [0.15, 0.2) is 30.3 Å². The smallest absolute Gasteiger partial charge is 0.120 e. The molecule has 0 saturated carbocycles. The number of para-hydroxylation sites is 1. The molecule has 0 fully saturated rings. The molecule has 0 aliphatic heterocycles. The molecule has 0 aliphatic rings. The fourth-order valence-electron chi connectivity index (χ4n) is 0.636. The summed E-state index contributed by atoms with van der Waals surface area (Å²) in [5.74, 6) is 2.92. The maximum atomic E-state index is 6.58. The van der Waals surface area contributed by atoms with Crippen LogP contribution in [0, 0.1) is 12.3 Å². The summed E-state index contributed by atoms with van der Waals surface area (Å²) in [5.41, 5.74) is 0. The molecular formula is C9H7O-. The van der Waals surface area contributed by atoms with E-state index in [0.717, 1.165) is 5.75 Å². The van der Waals surface area contributed by atoms with Gasteiger partial charge in [0.1, 0.15) is 12.4 Å². The van der Waals surface area contributed by atoms with Gasteiger partial charge in [-0.3, -0.25) is 0 Å². The van der Waals surface area contributed by atoms with Crippen molar-refractivity contribution >= 4 is 0 Å². The van der Waals surface area contributed by atoms with Gasteiger partial charge in [0.05, 0.1) is 0 Å². The van der Waals surface area contributed by atoms with E-state index < -0.39 is 0 Å². The van der Waals surface area contributed by atoms with E-state index in [9.17, 15) is 0 Å². The Labute approximate surface area is 60.6 Å². The second kappa shape index (κ2) is 3.58. The monoisotopic (exact) mass is 131 g/mol. The number of ether oxygens (including phenoxy) is 1. The highest BCUT2D eigenvalue weighted by molar-refractivity contribution is 5.21. The first-order chi connectivity index (χ1) is 4.93. The molecule has 0 aliphatic carbocycles. The zero-order chi connectivity index (χ0) is 7.23. The van der Waals surface area contributed by atoms with Crippen LogP contribution < -0.4 is 4.74 Å². The third kappa shape index (κ3) is 1.83. The lowest BCUT2D eigenvalue weighted by Gasteiger charge is -2.01. The molecule has 0 bridgehead atoms. The highest BCUT2D eigenvalue weighted by Crippen LogP contribution is 2.06. The van der Waals surface area contributed by atoms with E-state index >= 15 is 0 Å².